The summed E-state index contributed by atoms with van der Waals surface area (Å²) in [4.78, 5) is 22.3. The SMILES string of the molecule is COC(=O)NCc1cn(-c2cc(F)c(NCCNC(=O)C(O)CO)c(F)c2)nn1. The zero-order valence-corrected chi connectivity index (χ0v) is 15.4. The van der Waals surface area contributed by atoms with Crippen LogP contribution < -0.4 is 16.0 Å². The highest BCUT2D eigenvalue weighted by molar-refractivity contribution is 5.80. The molecule has 0 saturated carbocycles. The fourth-order valence-electron chi connectivity index (χ4n) is 2.18. The number of nitrogens with zero attached hydrogens (tertiary/aromatic N) is 3. The van der Waals surface area contributed by atoms with Gasteiger partial charge in [-0.1, -0.05) is 5.21 Å². The van der Waals surface area contributed by atoms with Gasteiger partial charge in [-0.05, 0) is 0 Å². The molecule has 0 aliphatic heterocycles. The van der Waals surface area contributed by atoms with Gasteiger partial charge in [-0.15, -0.1) is 5.10 Å². The predicted octanol–water partition coefficient (Wildman–Crippen LogP) is -0.717. The maximum absolute atomic E-state index is 14.3. The van der Waals surface area contributed by atoms with Crippen LogP contribution in [0.25, 0.3) is 5.69 Å². The monoisotopic (exact) mass is 414 g/mol. The summed E-state index contributed by atoms with van der Waals surface area (Å²) in [6, 6.07) is 2.07. The van der Waals surface area contributed by atoms with Crippen molar-refractivity contribution in [2.24, 2.45) is 0 Å². The smallest absolute Gasteiger partial charge is 0.407 e. The average Bonchev–Trinajstić information content (AvgIpc) is 3.18. The number of anilines is 1. The van der Waals surface area contributed by atoms with Gasteiger partial charge in [0.15, 0.2) is 17.7 Å². The first-order valence-corrected chi connectivity index (χ1v) is 8.38. The van der Waals surface area contributed by atoms with E-state index in [4.69, 9.17) is 10.2 Å². The lowest BCUT2D eigenvalue weighted by atomic mass is 10.2. The van der Waals surface area contributed by atoms with Crippen molar-refractivity contribution in [3.8, 4) is 5.69 Å². The molecular weight excluding hydrogens is 394 g/mol. The van der Waals surface area contributed by atoms with E-state index < -0.39 is 42.0 Å². The number of alkyl carbamates (subject to hydrolysis) is 1. The maximum atomic E-state index is 14.3. The molecule has 2 amide bonds. The number of hydrogen-bond acceptors (Lipinski definition) is 8. The number of halogens is 2. The van der Waals surface area contributed by atoms with Crippen LogP contribution in [-0.4, -0.2) is 70.1 Å². The Hall–Kier alpha value is -3.32. The first-order valence-electron chi connectivity index (χ1n) is 8.38. The molecule has 29 heavy (non-hydrogen) atoms. The third-order valence-corrected chi connectivity index (χ3v) is 3.63. The molecule has 11 nitrogen and oxygen atoms in total. The van der Waals surface area contributed by atoms with E-state index in [1.165, 1.54) is 13.3 Å². The zero-order chi connectivity index (χ0) is 21.4. The number of carbonyl (C=O) groups excluding carboxylic acids is 2. The Kier molecular flexibility index (Phi) is 7.79. The van der Waals surface area contributed by atoms with Gasteiger partial charge in [-0.25, -0.2) is 18.3 Å². The number of nitrogens with one attached hydrogen (secondary N) is 3. The maximum Gasteiger partial charge on any atom is 0.407 e. The number of ether oxygens (including phenoxy) is 1. The molecule has 0 spiro atoms. The van der Waals surface area contributed by atoms with E-state index in [-0.39, 0.29) is 25.3 Å². The molecule has 0 aliphatic rings. The van der Waals surface area contributed by atoms with Crippen molar-refractivity contribution in [3.63, 3.8) is 0 Å². The molecule has 5 N–H and O–H groups in total. The van der Waals surface area contributed by atoms with Crippen molar-refractivity contribution in [2.75, 3.05) is 32.1 Å². The summed E-state index contributed by atoms with van der Waals surface area (Å²) in [5.41, 5.74) is 0.0133. The quantitative estimate of drug-likeness (QED) is 0.338. The molecule has 1 atom stereocenters. The van der Waals surface area contributed by atoms with Gasteiger partial charge < -0.3 is 30.9 Å². The van der Waals surface area contributed by atoms with E-state index in [0.29, 0.717) is 5.69 Å². The van der Waals surface area contributed by atoms with Crippen LogP contribution in [0, 0.1) is 11.6 Å². The Balaban J connectivity index is 1.97. The van der Waals surface area contributed by atoms with E-state index in [1.807, 2.05) is 0 Å². The highest BCUT2D eigenvalue weighted by atomic mass is 19.1. The van der Waals surface area contributed by atoms with Crippen LogP contribution in [0.15, 0.2) is 18.3 Å². The van der Waals surface area contributed by atoms with Crippen LogP contribution in [0.5, 0.6) is 0 Å². The highest BCUT2D eigenvalue weighted by Crippen LogP contribution is 2.22. The molecule has 1 unspecified atom stereocenters. The molecule has 0 aliphatic carbocycles. The number of benzene rings is 1. The molecule has 2 aromatic rings. The van der Waals surface area contributed by atoms with Crippen molar-refractivity contribution < 1.29 is 33.3 Å². The van der Waals surface area contributed by atoms with Gasteiger partial charge in [-0.2, -0.15) is 0 Å². The van der Waals surface area contributed by atoms with Gasteiger partial charge in [0.25, 0.3) is 5.91 Å². The fourth-order valence-corrected chi connectivity index (χ4v) is 2.18. The minimum atomic E-state index is -1.56. The molecule has 0 saturated heterocycles. The predicted molar refractivity (Wildman–Crippen MR) is 95.1 cm³/mol. The van der Waals surface area contributed by atoms with Crippen LogP contribution in [0.3, 0.4) is 0 Å². The molecule has 0 radical (unpaired) electrons. The molecule has 0 fully saturated rings. The summed E-state index contributed by atoms with van der Waals surface area (Å²) in [6.07, 6.45) is -0.827. The first-order chi connectivity index (χ1) is 13.8. The summed E-state index contributed by atoms with van der Waals surface area (Å²) >= 11 is 0. The van der Waals surface area contributed by atoms with Crippen LogP contribution in [-0.2, 0) is 16.1 Å². The molecule has 0 bridgehead atoms. The standard InChI is InChI=1S/C16H20F2N6O5/c1-29-16(28)21-6-9-7-24(23-22-9)10-4-11(17)14(12(18)5-10)19-2-3-20-15(27)13(26)8-25/h4-5,7,13,19,25-26H,2-3,6,8H2,1H3,(H,20,27)(H,21,28). The van der Waals surface area contributed by atoms with Crippen LogP contribution in [0.2, 0.25) is 0 Å². The molecule has 13 heteroatoms. The summed E-state index contributed by atoms with van der Waals surface area (Å²) in [6.45, 7) is -0.763. The Morgan fingerprint density at radius 2 is 1.93 bits per heavy atom. The topological polar surface area (TPSA) is 151 Å². The Morgan fingerprint density at radius 3 is 2.55 bits per heavy atom. The number of aliphatic hydroxyl groups excluding tert-OH is 2. The summed E-state index contributed by atoms with van der Waals surface area (Å²) < 4.78 is 34.1. The van der Waals surface area contributed by atoms with Gasteiger partial charge in [0.2, 0.25) is 0 Å². The van der Waals surface area contributed by atoms with Gasteiger partial charge in [0.05, 0.1) is 32.1 Å². The van der Waals surface area contributed by atoms with E-state index in [9.17, 15) is 18.4 Å². The van der Waals surface area contributed by atoms with Crippen LogP contribution >= 0.6 is 0 Å². The van der Waals surface area contributed by atoms with E-state index in [0.717, 1.165) is 16.8 Å². The van der Waals surface area contributed by atoms with Crippen LogP contribution in [0.4, 0.5) is 19.3 Å². The number of aromatic nitrogens is 3. The highest BCUT2D eigenvalue weighted by Gasteiger charge is 2.15. The second-order valence-corrected chi connectivity index (χ2v) is 5.70. The van der Waals surface area contributed by atoms with Crippen molar-refractivity contribution in [1.29, 1.82) is 0 Å². The largest absolute Gasteiger partial charge is 0.453 e. The Morgan fingerprint density at radius 1 is 1.24 bits per heavy atom. The van der Waals surface area contributed by atoms with Crippen molar-refractivity contribution in [3.05, 3.63) is 35.7 Å². The summed E-state index contributed by atoms with van der Waals surface area (Å²) in [5.74, 6) is -2.59. The third kappa shape index (κ3) is 6.08. The number of aliphatic hydroxyl groups is 2. The van der Waals surface area contributed by atoms with Gasteiger partial charge in [0.1, 0.15) is 11.4 Å². The van der Waals surface area contributed by atoms with Gasteiger partial charge in [-0.3, -0.25) is 4.79 Å². The minimum Gasteiger partial charge on any atom is -0.453 e. The number of amides is 2. The minimum absolute atomic E-state index is 0.0218. The normalized spacial score (nSPS) is 11.6. The first kappa shape index (κ1) is 22.0. The Labute approximate surface area is 163 Å². The van der Waals surface area contributed by atoms with E-state index >= 15 is 0 Å². The summed E-state index contributed by atoms with van der Waals surface area (Å²) in [5, 5.41) is 32.5. The number of carbonyl (C=O) groups is 2. The lowest BCUT2D eigenvalue weighted by molar-refractivity contribution is -0.131. The average molecular weight is 414 g/mol. The van der Waals surface area contributed by atoms with E-state index in [1.54, 1.807) is 0 Å². The van der Waals surface area contributed by atoms with E-state index in [2.05, 4.69) is 31.0 Å². The molecule has 158 valence electrons. The molecular formula is C16H20F2N6O5. The number of rotatable bonds is 9. The molecule has 1 aromatic carbocycles. The Bertz CT molecular complexity index is 839. The fraction of sp³-hybridized carbons (Fsp3) is 0.375. The number of methoxy groups -OCH3 is 1. The molecule has 1 aromatic heterocycles. The van der Waals surface area contributed by atoms with Crippen molar-refractivity contribution in [1.82, 2.24) is 25.6 Å². The summed E-state index contributed by atoms with van der Waals surface area (Å²) in [7, 11) is 1.21. The van der Waals surface area contributed by atoms with Gasteiger partial charge in [0, 0.05) is 25.2 Å². The van der Waals surface area contributed by atoms with Gasteiger partial charge >= 0.3 is 6.09 Å². The van der Waals surface area contributed by atoms with Crippen LogP contribution in [0.1, 0.15) is 5.69 Å². The second-order valence-electron chi connectivity index (χ2n) is 5.70. The zero-order valence-electron chi connectivity index (χ0n) is 15.4. The molecule has 2 rings (SSSR count). The lowest BCUT2D eigenvalue weighted by Crippen LogP contribution is -2.39. The number of hydrogen-bond donors (Lipinski definition) is 5. The third-order valence-electron chi connectivity index (χ3n) is 3.63. The van der Waals surface area contributed by atoms with Crippen molar-refractivity contribution in [2.45, 2.75) is 12.6 Å². The molecule has 1 heterocycles. The lowest BCUT2D eigenvalue weighted by Gasteiger charge is -2.12. The second kappa shape index (κ2) is 10.3. The van der Waals surface area contributed by atoms with Crippen molar-refractivity contribution >= 4 is 17.7 Å².